The zero-order valence-electron chi connectivity index (χ0n) is 25.5. The first-order valence-electron chi connectivity index (χ1n) is 14.7. The second kappa shape index (κ2) is 16.2. The summed E-state index contributed by atoms with van der Waals surface area (Å²) in [6, 6.07) is 12.0. The molecule has 1 unspecified atom stereocenters. The Hall–Kier alpha value is -1.98. The zero-order chi connectivity index (χ0) is 30.1. The number of benzene rings is 2. The summed E-state index contributed by atoms with van der Waals surface area (Å²) >= 11 is 1.63. The van der Waals surface area contributed by atoms with E-state index in [-0.39, 0.29) is 12.2 Å². The fraction of sp³-hybridized carbons (Fsp3) is 0.533. The molecule has 2 heterocycles. The summed E-state index contributed by atoms with van der Waals surface area (Å²) in [5, 5.41) is 0.773. The van der Waals surface area contributed by atoms with E-state index in [1.54, 1.807) is 11.9 Å². The SMILES string of the molecule is CCn1c(=Pc2oc3ccc(SNCCCOC(C)C)cc3[n+]2CC)oc2ccc(S(=O)NCCCOC(C)C)cc21. The van der Waals surface area contributed by atoms with Gasteiger partial charge >= 0.3 is 5.63 Å². The minimum atomic E-state index is -1.32. The molecular formula is C30H44N4O5PS2+. The number of nitrogens with one attached hydrogen (secondary N) is 2. The topological polar surface area (TPSA) is 94.7 Å². The van der Waals surface area contributed by atoms with Crippen molar-refractivity contribution in [2.75, 3.05) is 26.3 Å². The normalized spacial score (nSPS) is 13.4. The Morgan fingerprint density at radius 1 is 0.976 bits per heavy atom. The molecule has 12 heteroatoms. The maximum absolute atomic E-state index is 12.9. The molecule has 0 saturated carbocycles. The minimum Gasteiger partial charge on any atom is -0.434 e. The van der Waals surface area contributed by atoms with Crippen molar-refractivity contribution in [1.82, 2.24) is 14.0 Å². The van der Waals surface area contributed by atoms with Crippen molar-refractivity contribution in [3.05, 3.63) is 41.7 Å². The summed E-state index contributed by atoms with van der Waals surface area (Å²) in [7, 11) is -0.489. The molecule has 0 aliphatic carbocycles. The quantitative estimate of drug-likeness (QED) is 0.0641. The predicted molar refractivity (Wildman–Crippen MR) is 171 cm³/mol. The van der Waals surface area contributed by atoms with Gasteiger partial charge in [-0.3, -0.25) is 4.72 Å². The van der Waals surface area contributed by atoms with E-state index in [0.29, 0.717) is 19.7 Å². The first-order chi connectivity index (χ1) is 20.3. The van der Waals surface area contributed by atoms with Gasteiger partial charge in [-0.2, -0.15) is 4.57 Å². The molecular weight excluding hydrogens is 591 g/mol. The zero-order valence-corrected chi connectivity index (χ0v) is 28.0. The number of oxazole rings is 2. The van der Waals surface area contributed by atoms with Crippen LogP contribution >= 0.6 is 20.2 Å². The van der Waals surface area contributed by atoms with Crippen LogP contribution < -0.4 is 19.6 Å². The largest absolute Gasteiger partial charge is 0.434 e. The van der Waals surface area contributed by atoms with E-state index in [4.69, 9.17) is 18.3 Å². The van der Waals surface area contributed by atoms with Gasteiger partial charge in [-0.15, -0.1) is 0 Å². The number of aromatic nitrogens is 2. The van der Waals surface area contributed by atoms with Gasteiger partial charge in [-0.25, -0.2) is 8.93 Å². The van der Waals surface area contributed by atoms with E-state index in [0.717, 1.165) is 83.6 Å². The van der Waals surface area contributed by atoms with Crippen molar-refractivity contribution >= 4 is 59.0 Å². The third-order valence-electron chi connectivity index (χ3n) is 6.41. The van der Waals surface area contributed by atoms with Crippen molar-refractivity contribution < 1.29 is 27.1 Å². The van der Waals surface area contributed by atoms with Crippen molar-refractivity contribution in [1.29, 1.82) is 0 Å². The maximum Gasteiger partial charge on any atom is 0.404 e. The summed E-state index contributed by atoms with van der Waals surface area (Å²) in [6.07, 6.45) is 2.23. The highest BCUT2D eigenvalue weighted by Crippen LogP contribution is 2.25. The second-order valence-electron chi connectivity index (χ2n) is 10.3. The molecule has 0 spiro atoms. The number of nitrogens with zero attached hydrogens (tertiary/aromatic N) is 2. The minimum absolute atomic E-state index is 0.201. The van der Waals surface area contributed by atoms with E-state index in [2.05, 4.69) is 58.4 Å². The molecule has 4 aromatic rings. The maximum atomic E-state index is 12.9. The first kappa shape index (κ1) is 32.9. The van der Waals surface area contributed by atoms with Gasteiger partial charge in [0.05, 0.1) is 22.6 Å². The molecule has 2 aromatic carbocycles. The molecule has 2 aromatic heterocycles. The lowest BCUT2D eigenvalue weighted by molar-refractivity contribution is -0.652. The van der Waals surface area contributed by atoms with Crippen LogP contribution in [0.25, 0.3) is 22.2 Å². The van der Waals surface area contributed by atoms with Gasteiger partial charge in [-0.1, -0.05) is 0 Å². The second-order valence-corrected chi connectivity index (χ2v) is 13.6. The molecule has 0 aliphatic heterocycles. The third-order valence-corrected chi connectivity index (χ3v) is 9.45. The lowest BCUT2D eigenvalue weighted by Crippen LogP contribution is -2.42. The van der Waals surface area contributed by atoms with Gasteiger partial charge in [0, 0.05) is 43.8 Å². The average molecular weight is 636 g/mol. The smallest absolute Gasteiger partial charge is 0.404 e. The molecule has 0 fully saturated rings. The Kier molecular flexibility index (Phi) is 12.7. The number of hydrogen-bond donors (Lipinski definition) is 2. The van der Waals surface area contributed by atoms with Crippen molar-refractivity contribution in [3.63, 3.8) is 0 Å². The number of aryl methyl sites for hydroxylation is 2. The van der Waals surface area contributed by atoms with Crippen molar-refractivity contribution in [3.8, 4) is 0 Å². The van der Waals surface area contributed by atoms with E-state index >= 15 is 0 Å². The van der Waals surface area contributed by atoms with Gasteiger partial charge in [-0.05, 0) is 96.7 Å². The van der Waals surface area contributed by atoms with E-state index in [1.807, 2.05) is 38.1 Å². The summed E-state index contributed by atoms with van der Waals surface area (Å²) in [5.74, 6) is 0. The number of ether oxygens (including phenoxy) is 2. The Balaban J connectivity index is 1.52. The number of rotatable bonds is 17. The molecule has 42 heavy (non-hydrogen) atoms. The molecule has 0 bridgehead atoms. The number of fused-ring (bicyclic) bond motifs is 2. The Morgan fingerprint density at radius 2 is 1.69 bits per heavy atom. The monoisotopic (exact) mass is 635 g/mol. The summed E-state index contributed by atoms with van der Waals surface area (Å²) in [6.45, 7) is 16.7. The Labute approximate surface area is 256 Å². The van der Waals surface area contributed by atoms with E-state index in [1.165, 1.54) is 0 Å². The molecule has 2 N–H and O–H groups in total. The van der Waals surface area contributed by atoms with Crippen LogP contribution in [0, 0.1) is 5.27 Å². The fourth-order valence-electron chi connectivity index (χ4n) is 4.38. The van der Waals surface area contributed by atoms with Crippen LogP contribution in [0.1, 0.15) is 54.4 Å². The van der Waals surface area contributed by atoms with Gasteiger partial charge in [0.25, 0.3) is 5.52 Å². The van der Waals surface area contributed by atoms with E-state index in [9.17, 15) is 4.21 Å². The molecule has 0 radical (unpaired) electrons. The van der Waals surface area contributed by atoms with Gasteiger partial charge in [0.1, 0.15) is 19.2 Å². The highest BCUT2D eigenvalue weighted by Gasteiger charge is 2.22. The highest BCUT2D eigenvalue weighted by molar-refractivity contribution is 7.97. The predicted octanol–water partition coefficient (Wildman–Crippen LogP) is 5.95. The van der Waals surface area contributed by atoms with E-state index < -0.39 is 11.0 Å². The van der Waals surface area contributed by atoms with Gasteiger partial charge < -0.3 is 22.9 Å². The van der Waals surface area contributed by atoms with Crippen LogP contribution in [-0.2, 0) is 33.5 Å². The molecule has 230 valence electrons. The molecule has 0 saturated heterocycles. The van der Waals surface area contributed by atoms with Crippen LogP contribution in [-0.4, -0.2) is 47.3 Å². The summed E-state index contributed by atoms with van der Waals surface area (Å²) in [5.41, 5.74) is 4.38. The molecule has 1 atom stereocenters. The van der Waals surface area contributed by atoms with Crippen LogP contribution in [0.4, 0.5) is 0 Å². The van der Waals surface area contributed by atoms with Crippen molar-refractivity contribution in [2.45, 2.75) is 89.5 Å². The molecule has 0 aliphatic rings. The summed E-state index contributed by atoms with van der Waals surface area (Å²) < 4.78 is 47.6. The Bertz CT molecular complexity index is 1550. The summed E-state index contributed by atoms with van der Waals surface area (Å²) in [4.78, 5) is 1.85. The molecule has 4 rings (SSSR count). The Morgan fingerprint density at radius 3 is 2.38 bits per heavy atom. The van der Waals surface area contributed by atoms with Gasteiger partial charge in [0.15, 0.2) is 12.1 Å². The lowest BCUT2D eigenvalue weighted by Gasteiger charge is -2.08. The lowest BCUT2D eigenvalue weighted by atomic mass is 10.3. The standard InChI is InChI=1S/C30H44N4O5PS2/c1-7-33-25-19-23(41-31-15-9-17-36-21(3)4)11-13-27(25)38-29(33)40-30-34(8-2)26-20-24(12-14-28(26)39-30)42(35)32-16-10-18-37-22(5)6/h11-14,19-22,31-32H,7-10,15-18H2,1-6H3/q+1. The van der Waals surface area contributed by atoms with Gasteiger partial charge in [0.2, 0.25) is 10.8 Å². The molecule has 0 amide bonds. The van der Waals surface area contributed by atoms with Crippen LogP contribution in [0.15, 0.2) is 55.0 Å². The van der Waals surface area contributed by atoms with Crippen LogP contribution in [0.5, 0.6) is 0 Å². The van der Waals surface area contributed by atoms with Crippen molar-refractivity contribution in [2.24, 2.45) is 0 Å². The third kappa shape index (κ3) is 8.78. The fourth-order valence-corrected chi connectivity index (χ4v) is 7.19. The average Bonchev–Trinajstić information content (AvgIpc) is 3.49. The highest BCUT2D eigenvalue weighted by atomic mass is 32.2. The van der Waals surface area contributed by atoms with Crippen LogP contribution in [0.3, 0.4) is 0 Å². The molecule has 9 nitrogen and oxygen atoms in total. The number of hydrogen-bond acceptors (Lipinski definition) is 7. The van der Waals surface area contributed by atoms with Crippen LogP contribution in [0.2, 0.25) is 0 Å². The first-order valence-corrected chi connectivity index (χ1v) is 17.6.